The first kappa shape index (κ1) is 14.3. The van der Waals surface area contributed by atoms with Gasteiger partial charge in [-0.15, -0.1) is 0 Å². The van der Waals surface area contributed by atoms with E-state index >= 15 is 0 Å². The molecule has 5 heteroatoms. The predicted octanol–water partition coefficient (Wildman–Crippen LogP) is 3.67. The van der Waals surface area contributed by atoms with E-state index in [2.05, 4.69) is 4.98 Å². The number of carbonyl (C=O) groups is 1. The van der Waals surface area contributed by atoms with Crippen LogP contribution in [0.3, 0.4) is 0 Å². The van der Waals surface area contributed by atoms with Gasteiger partial charge in [0.2, 0.25) is 0 Å². The zero-order valence-corrected chi connectivity index (χ0v) is 11.8. The van der Waals surface area contributed by atoms with Crippen LogP contribution in [0.25, 0.3) is 0 Å². The van der Waals surface area contributed by atoms with E-state index in [1.54, 1.807) is 4.90 Å². The zero-order valence-electron chi connectivity index (χ0n) is 11.0. The summed E-state index contributed by atoms with van der Waals surface area (Å²) in [6.07, 6.45) is 6.56. The average Bonchev–Trinajstić information content (AvgIpc) is 2.43. The van der Waals surface area contributed by atoms with Gasteiger partial charge in [-0.1, -0.05) is 30.9 Å². The molecule has 0 spiro atoms. The number of hydrogen-bond acceptors (Lipinski definition) is 2. The highest BCUT2D eigenvalue weighted by molar-refractivity contribution is 6.32. The lowest BCUT2D eigenvalue weighted by molar-refractivity contribution is 0.0647. The fourth-order valence-electron chi connectivity index (χ4n) is 2.69. The SMILES string of the molecule is CCN(C(=O)c1cc(F)cnc1Cl)C1CCCCC1. The number of rotatable bonds is 3. The Bertz CT molecular complexity index is 461. The van der Waals surface area contributed by atoms with Gasteiger partial charge in [0.25, 0.3) is 5.91 Å². The smallest absolute Gasteiger partial charge is 0.257 e. The maximum Gasteiger partial charge on any atom is 0.257 e. The molecule has 19 heavy (non-hydrogen) atoms. The van der Waals surface area contributed by atoms with Crippen LogP contribution < -0.4 is 0 Å². The second kappa shape index (κ2) is 6.33. The molecule has 1 heterocycles. The maximum absolute atomic E-state index is 13.2. The summed E-state index contributed by atoms with van der Waals surface area (Å²) in [7, 11) is 0. The molecule has 104 valence electrons. The molecule has 0 radical (unpaired) electrons. The molecule has 1 saturated carbocycles. The summed E-state index contributed by atoms with van der Waals surface area (Å²) in [6.45, 7) is 2.55. The number of hydrogen-bond donors (Lipinski definition) is 0. The van der Waals surface area contributed by atoms with Crippen molar-refractivity contribution in [3.63, 3.8) is 0 Å². The van der Waals surface area contributed by atoms with Gasteiger partial charge in [-0.3, -0.25) is 4.79 Å². The summed E-state index contributed by atoms with van der Waals surface area (Å²) < 4.78 is 13.2. The van der Waals surface area contributed by atoms with E-state index in [0.29, 0.717) is 6.54 Å². The number of pyridine rings is 1. The summed E-state index contributed by atoms with van der Waals surface area (Å²) in [6, 6.07) is 1.41. The Morgan fingerprint density at radius 2 is 2.16 bits per heavy atom. The summed E-state index contributed by atoms with van der Waals surface area (Å²) in [5.74, 6) is -0.751. The van der Waals surface area contributed by atoms with Crippen LogP contribution in [0.2, 0.25) is 5.15 Å². The van der Waals surface area contributed by atoms with E-state index in [0.717, 1.165) is 31.9 Å². The third-order valence-corrected chi connectivity index (χ3v) is 3.95. The number of aromatic nitrogens is 1. The van der Waals surface area contributed by atoms with Gasteiger partial charge in [-0.05, 0) is 25.8 Å². The Morgan fingerprint density at radius 3 is 2.79 bits per heavy atom. The van der Waals surface area contributed by atoms with Crippen LogP contribution in [0.4, 0.5) is 4.39 Å². The van der Waals surface area contributed by atoms with E-state index in [4.69, 9.17) is 11.6 Å². The van der Waals surface area contributed by atoms with Crippen LogP contribution in [-0.2, 0) is 0 Å². The van der Waals surface area contributed by atoms with E-state index in [1.807, 2.05) is 6.92 Å². The maximum atomic E-state index is 13.2. The van der Waals surface area contributed by atoms with Crippen molar-refractivity contribution in [1.29, 1.82) is 0 Å². The van der Waals surface area contributed by atoms with Gasteiger partial charge < -0.3 is 4.90 Å². The third kappa shape index (κ3) is 3.24. The van der Waals surface area contributed by atoms with Crippen molar-refractivity contribution in [2.45, 2.75) is 45.1 Å². The summed E-state index contributed by atoms with van der Waals surface area (Å²) in [5.41, 5.74) is 0.161. The molecule has 1 fully saturated rings. The van der Waals surface area contributed by atoms with Gasteiger partial charge in [0, 0.05) is 12.6 Å². The summed E-state index contributed by atoms with van der Waals surface area (Å²) in [4.78, 5) is 18.0. The van der Waals surface area contributed by atoms with Crippen LogP contribution in [-0.4, -0.2) is 28.4 Å². The Kier molecular flexibility index (Phi) is 4.75. The van der Waals surface area contributed by atoms with Crippen molar-refractivity contribution < 1.29 is 9.18 Å². The molecule has 0 atom stereocenters. The first-order chi connectivity index (χ1) is 9.13. The van der Waals surface area contributed by atoms with Crippen molar-refractivity contribution >= 4 is 17.5 Å². The fraction of sp³-hybridized carbons (Fsp3) is 0.571. The molecule has 3 nitrogen and oxygen atoms in total. The van der Waals surface area contributed by atoms with E-state index < -0.39 is 5.82 Å². The Labute approximate surface area is 117 Å². The first-order valence-electron chi connectivity index (χ1n) is 6.75. The number of amides is 1. The van der Waals surface area contributed by atoms with Crippen LogP contribution in [0.15, 0.2) is 12.3 Å². The lowest BCUT2D eigenvalue weighted by Crippen LogP contribution is -2.41. The number of carbonyl (C=O) groups excluding carboxylic acids is 1. The average molecular weight is 285 g/mol. The van der Waals surface area contributed by atoms with Crippen LogP contribution in [0.1, 0.15) is 49.4 Å². The minimum absolute atomic E-state index is 0.0701. The van der Waals surface area contributed by atoms with Crippen molar-refractivity contribution in [2.75, 3.05) is 6.54 Å². The molecular weight excluding hydrogens is 267 g/mol. The highest BCUT2D eigenvalue weighted by Crippen LogP contribution is 2.25. The Hall–Kier alpha value is -1.16. The monoisotopic (exact) mass is 284 g/mol. The number of nitrogens with zero attached hydrogens (tertiary/aromatic N) is 2. The molecule has 1 aromatic heterocycles. The highest BCUT2D eigenvalue weighted by atomic mass is 35.5. The van der Waals surface area contributed by atoms with Crippen molar-refractivity contribution in [3.8, 4) is 0 Å². The Balaban J connectivity index is 2.22. The second-order valence-electron chi connectivity index (χ2n) is 4.87. The van der Waals surface area contributed by atoms with E-state index in [1.165, 1.54) is 12.5 Å². The molecule has 0 unspecified atom stereocenters. The van der Waals surface area contributed by atoms with Crippen molar-refractivity contribution in [2.24, 2.45) is 0 Å². The van der Waals surface area contributed by atoms with Gasteiger partial charge in [-0.2, -0.15) is 0 Å². The summed E-state index contributed by atoms with van der Waals surface area (Å²) >= 11 is 5.91. The lowest BCUT2D eigenvalue weighted by Gasteiger charge is -2.33. The van der Waals surface area contributed by atoms with Gasteiger partial charge in [0.05, 0.1) is 11.8 Å². The highest BCUT2D eigenvalue weighted by Gasteiger charge is 2.26. The molecule has 0 bridgehead atoms. The molecule has 1 aromatic rings. The third-order valence-electron chi connectivity index (χ3n) is 3.65. The normalized spacial score (nSPS) is 16.4. The van der Waals surface area contributed by atoms with Crippen molar-refractivity contribution in [3.05, 3.63) is 28.8 Å². The molecule has 1 amide bonds. The van der Waals surface area contributed by atoms with E-state index in [-0.39, 0.29) is 22.7 Å². The second-order valence-corrected chi connectivity index (χ2v) is 5.23. The lowest BCUT2D eigenvalue weighted by atomic mass is 9.94. The van der Waals surface area contributed by atoms with Crippen LogP contribution in [0, 0.1) is 5.82 Å². The predicted molar refractivity (Wildman–Crippen MR) is 72.8 cm³/mol. The minimum Gasteiger partial charge on any atom is -0.336 e. The molecule has 0 N–H and O–H groups in total. The largest absolute Gasteiger partial charge is 0.336 e. The molecule has 1 aliphatic rings. The summed E-state index contributed by atoms with van der Waals surface area (Å²) in [5, 5.41) is 0.0701. The molecule has 0 saturated heterocycles. The van der Waals surface area contributed by atoms with Crippen molar-refractivity contribution in [1.82, 2.24) is 9.88 Å². The molecule has 2 rings (SSSR count). The standard InChI is InChI=1S/C14H18ClFN2O/c1-2-18(11-6-4-3-5-7-11)14(19)12-8-10(16)9-17-13(12)15/h8-9,11H,2-7H2,1H3. The molecule has 0 aliphatic heterocycles. The Morgan fingerprint density at radius 1 is 1.47 bits per heavy atom. The molecular formula is C14H18ClFN2O. The zero-order chi connectivity index (χ0) is 13.8. The quantitative estimate of drug-likeness (QED) is 0.794. The van der Waals surface area contributed by atoms with Crippen LogP contribution >= 0.6 is 11.6 Å². The van der Waals surface area contributed by atoms with Crippen LogP contribution in [0.5, 0.6) is 0 Å². The molecule has 1 aliphatic carbocycles. The van der Waals surface area contributed by atoms with Gasteiger partial charge >= 0.3 is 0 Å². The molecule has 0 aromatic carbocycles. The van der Waals surface area contributed by atoms with E-state index in [9.17, 15) is 9.18 Å². The topological polar surface area (TPSA) is 33.2 Å². The van der Waals surface area contributed by atoms with Gasteiger partial charge in [-0.25, -0.2) is 9.37 Å². The van der Waals surface area contributed by atoms with Gasteiger partial charge in [0.15, 0.2) is 0 Å². The fourth-order valence-corrected chi connectivity index (χ4v) is 2.87. The first-order valence-corrected chi connectivity index (χ1v) is 7.13. The number of halogens is 2. The van der Waals surface area contributed by atoms with Gasteiger partial charge in [0.1, 0.15) is 11.0 Å². The minimum atomic E-state index is -0.535.